The van der Waals surface area contributed by atoms with Gasteiger partial charge in [0.2, 0.25) is 5.91 Å². The van der Waals surface area contributed by atoms with Gasteiger partial charge >= 0.3 is 0 Å². The van der Waals surface area contributed by atoms with E-state index in [9.17, 15) is 18.8 Å². The summed E-state index contributed by atoms with van der Waals surface area (Å²) in [4.78, 5) is 45.6. The molecule has 1 saturated heterocycles. The van der Waals surface area contributed by atoms with Gasteiger partial charge in [-0.1, -0.05) is 0 Å². The van der Waals surface area contributed by atoms with Crippen LogP contribution in [0.5, 0.6) is 0 Å². The molecule has 4 heterocycles. The van der Waals surface area contributed by atoms with Gasteiger partial charge in [0.05, 0.1) is 18.1 Å². The number of amides is 2. The van der Waals surface area contributed by atoms with Crippen molar-refractivity contribution in [3.05, 3.63) is 77.1 Å². The van der Waals surface area contributed by atoms with Gasteiger partial charge in [-0.2, -0.15) is 5.10 Å². The van der Waals surface area contributed by atoms with Gasteiger partial charge in [-0.3, -0.25) is 19.0 Å². The molecule has 2 amide bonds. The minimum Gasteiger partial charge on any atom is -0.459 e. The standard InChI is InChI=1S/C22H19FN6O4/c23-15-3-5-16(6-4-15)29-20-17(12-25-29)21(31)28(14-24-20)13-19(30)26-7-9-27(10-8-26)22(32)18-2-1-11-33-18/h1-6,11-12,14H,7-10,13H2. The van der Waals surface area contributed by atoms with Crippen LogP contribution in [-0.4, -0.2) is 67.1 Å². The zero-order chi connectivity index (χ0) is 22.9. The fourth-order valence-corrected chi connectivity index (χ4v) is 3.79. The number of hydrogen-bond donors (Lipinski definition) is 0. The number of furan rings is 1. The van der Waals surface area contributed by atoms with Gasteiger partial charge in [0.25, 0.3) is 11.5 Å². The van der Waals surface area contributed by atoms with E-state index in [1.54, 1.807) is 21.9 Å². The topological polar surface area (TPSA) is 106 Å². The van der Waals surface area contributed by atoms with E-state index in [0.29, 0.717) is 37.5 Å². The van der Waals surface area contributed by atoms with Crippen molar-refractivity contribution in [3.8, 4) is 5.69 Å². The minimum absolute atomic E-state index is 0.171. The molecule has 1 fully saturated rings. The first-order valence-corrected chi connectivity index (χ1v) is 10.3. The maximum atomic E-state index is 13.2. The number of fused-ring (bicyclic) bond motifs is 1. The van der Waals surface area contributed by atoms with Crippen molar-refractivity contribution in [3.63, 3.8) is 0 Å². The van der Waals surface area contributed by atoms with Crippen molar-refractivity contribution in [2.24, 2.45) is 0 Å². The summed E-state index contributed by atoms with van der Waals surface area (Å²) in [6.45, 7) is 1.30. The predicted molar refractivity (Wildman–Crippen MR) is 114 cm³/mol. The van der Waals surface area contributed by atoms with Crippen molar-refractivity contribution >= 4 is 22.8 Å². The van der Waals surface area contributed by atoms with Crippen molar-refractivity contribution < 1.29 is 18.4 Å². The second-order valence-electron chi connectivity index (χ2n) is 7.60. The summed E-state index contributed by atoms with van der Waals surface area (Å²) in [6, 6.07) is 8.92. The molecular weight excluding hydrogens is 431 g/mol. The SMILES string of the molecule is O=C(Cn1cnc2c(cnn2-c2ccc(F)cc2)c1=O)N1CCN(C(=O)c2ccco2)CC1. The Hall–Kier alpha value is -4.28. The first-order chi connectivity index (χ1) is 16.0. The number of rotatable bonds is 4. The second-order valence-corrected chi connectivity index (χ2v) is 7.60. The molecule has 0 N–H and O–H groups in total. The Balaban J connectivity index is 1.28. The second kappa shape index (κ2) is 8.34. The number of carbonyl (C=O) groups excluding carboxylic acids is 2. The van der Waals surface area contributed by atoms with E-state index in [1.807, 2.05) is 0 Å². The lowest BCUT2D eigenvalue weighted by Gasteiger charge is -2.34. The van der Waals surface area contributed by atoms with Crippen molar-refractivity contribution in [1.82, 2.24) is 29.1 Å². The van der Waals surface area contributed by atoms with Crippen LogP contribution in [0.3, 0.4) is 0 Å². The van der Waals surface area contributed by atoms with Crippen LogP contribution in [0, 0.1) is 5.82 Å². The van der Waals surface area contributed by atoms with Gasteiger partial charge < -0.3 is 14.2 Å². The van der Waals surface area contributed by atoms with Crippen LogP contribution in [0.4, 0.5) is 4.39 Å². The Labute approximate surface area is 186 Å². The molecule has 33 heavy (non-hydrogen) atoms. The summed E-state index contributed by atoms with van der Waals surface area (Å²) in [5.41, 5.74) is 0.489. The molecule has 0 unspecified atom stereocenters. The Bertz CT molecular complexity index is 1370. The van der Waals surface area contributed by atoms with Crippen molar-refractivity contribution in [2.75, 3.05) is 26.2 Å². The van der Waals surface area contributed by atoms with E-state index in [0.717, 1.165) is 0 Å². The van der Waals surface area contributed by atoms with Gasteiger partial charge in [0.1, 0.15) is 24.1 Å². The van der Waals surface area contributed by atoms with Gasteiger partial charge in [-0.15, -0.1) is 0 Å². The summed E-state index contributed by atoms with van der Waals surface area (Å²) < 4.78 is 21.0. The molecule has 1 aromatic carbocycles. The zero-order valence-corrected chi connectivity index (χ0v) is 17.4. The monoisotopic (exact) mass is 450 g/mol. The average molecular weight is 450 g/mol. The highest BCUT2D eigenvalue weighted by atomic mass is 19.1. The Morgan fingerprint density at radius 2 is 1.76 bits per heavy atom. The lowest BCUT2D eigenvalue weighted by Crippen LogP contribution is -2.51. The van der Waals surface area contributed by atoms with Crippen LogP contribution in [0.2, 0.25) is 0 Å². The molecule has 10 nitrogen and oxygen atoms in total. The number of aromatic nitrogens is 4. The normalized spacial score (nSPS) is 14.1. The number of piperazine rings is 1. The molecule has 0 atom stereocenters. The van der Waals surface area contributed by atoms with Gasteiger partial charge in [0, 0.05) is 26.2 Å². The molecule has 4 aromatic rings. The molecule has 1 aliphatic heterocycles. The molecule has 0 aliphatic carbocycles. The molecular formula is C22H19FN6O4. The third-order valence-corrected chi connectivity index (χ3v) is 5.58. The van der Waals surface area contributed by atoms with Gasteiger partial charge in [-0.25, -0.2) is 14.1 Å². The number of carbonyl (C=O) groups is 2. The molecule has 3 aromatic heterocycles. The van der Waals surface area contributed by atoms with Crippen LogP contribution >= 0.6 is 0 Å². The number of hydrogen-bond acceptors (Lipinski definition) is 6. The van der Waals surface area contributed by atoms with E-state index in [-0.39, 0.29) is 35.3 Å². The van der Waals surface area contributed by atoms with Crippen molar-refractivity contribution in [1.29, 1.82) is 0 Å². The molecule has 0 radical (unpaired) electrons. The third-order valence-electron chi connectivity index (χ3n) is 5.58. The first kappa shape index (κ1) is 20.6. The maximum absolute atomic E-state index is 13.2. The number of benzene rings is 1. The minimum atomic E-state index is -0.395. The van der Waals surface area contributed by atoms with Crippen LogP contribution in [0.25, 0.3) is 16.7 Å². The van der Waals surface area contributed by atoms with Gasteiger partial charge in [0.15, 0.2) is 11.4 Å². The van der Waals surface area contributed by atoms with E-state index in [1.165, 1.54) is 52.3 Å². The van der Waals surface area contributed by atoms with E-state index >= 15 is 0 Å². The van der Waals surface area contributed by atoms with Crippen LogP contribution in [0.1, 0.15) is 10.6 Å². The van der Waals surface area contributed by atoms with Crippen LogP contribution in [-0.2, 0) is 11.3 Å². The maximum Gasteiger partial charge on any atom is 0.289 e. The molecule has 0 saturated carbocycles. The Morgan fingerprint density at radius 3 is 2.45 bits per heavy atom. The summed E-state index contributed by atoms with van der Waals surface area (Å²) in [6.07, 6.45) is 4.13. The molecule has 11 heteroatoms. The molecule has 1 aliphatic rings. The zero-order valence-electron chi connectivity index (χ0n) is 17.4. The predicted octanol–water partition coefficient (Wildman–Crippen LogP) is 1.30. The fourth-order valence-electron chi connectivity index (χ4n) is 3.79. The fraction of sp³-hybridized carbons (Fsp3) is 0.227. The molecule has 168 valence electrons. The summed E-state index contributed by atoms with van der Waals surface area (Å²) in [7, 11) is 0. The highest BCUT2D eigenvalue weighted by Gasteiger charge is 2.26. The number of nitrogens with zero attached hydrogens (tertiary/aromatic N) is 6. The average Bonchev–Trinajstić information content (AvgIpc) is 3.52. The summed E-state index contributed by atoms with van der Waals surface area (Å²) in [5.74, 6) is -0.567. The van der Waals surface area contributed by atoms with E-state index in [2.05, 4.69) is 10.1 Å². The smallest absolute Gasteiger partial charge is 0.289 e. The quantitative estimate of drug-likeness (QED) is 0.464. The highest BCUT2D eigenvalue weighted by molar-refractivity contribution is 5.91. The lowest BCUT2D eigenvalue weighted by molar-refractivity contribution is -0.133. The van der Waals surface area contributed by atoms with Crippen molar-refractivity contribution in [2.45, 2.75) is 6.54 Å². The Kier molecular flexibility index (Phi) is 5.21. The number of halogens is 1. The molecule has 0 spiro atoms. The first-order valence-electron chi connectivity index (χ1n) is 10.3. The largest absolute Gasteiger partial charge is 0.459 e. The third kappa shape index (κ3) is 3.88. The summed E-state index contributed by atoms with van der Waals surface area (Å²) in [5, 5.41) is 4.44. The summed E-state index contributed by atoms with van der Waals surface area (Å²) >= 11 is 0. The van der Waals surface area contributed by atoms with E-state index in [4.69, 9.17) is 4.42 Å². The van der Waals surface area contributed by atoms with E-state index < -0.39 is 5.56 Å². The molecule has 5 rings (SSSR count). The van der Waals surface area contributed by atoms with Gasteiger partial charge in [-0.05, 0) is 36.4 Å². The van der Waals surface area contributed by atoms with Crippen LogP contribution < -0.4 is 5.56 Å². The molecule has 0 bridgehead atoms. The highest BCUT2D eigenvalue weighted by Crippen LogP contribution is 2.14. The van der Waals surface area contributed by atoms with Crippen LogP contribution in [0.15, 0.2) is 64.4 Å². The Morgan fingerprint density at radius 1 is 1.03 bits per heavy atom. The lowest BCUT2D eigenvalue weighted by atomic mass is 10.2.